The molecule has 0 spiro atoms. The molecule has 4 heterocycles. The number of piperidine rings is 1. The van der Waals surface area contributed by atoms with Crippen LogP contribution in [0, 0.1) is 11.7 Å². The molecular weight excluding hydrogens is 609 g/mol. The van der Waals surface area contributed by atoms with E-state index in [1.807, 2.05) is 20.8 Å². The molecule has 1 fully saturated rings. The maximum Gasteiger partial charge on any atom is 0.414 e. The van der Waals surface area contributed by atoms with E-state index >= 15 is 0 Å². The van der Waals surface area contributed by atoms with E-state index in [1.54, 1.807) is 35.5 Å². The van der Waals surface area contributed by atoms with Crippen molar-refractivity contribution in [2.45, 2.75) is 51.6 Å². The van der Waals surface area contributed by atoms with Crippen LogP contribution in [0.2, 0.25) is 0 Å². The first-order valence-corrected chi connectivity index (χ1v) is 15.5. The third-order valence-corrected chi connectivity index (χ3v) is 8.11. The Bertz CT molecular complexity index is 1670. The quantitative estimate of drug-likeness (QED) is 0.213. The van der Waals surface area contributed by atoms with Gasteiger partial charge in [0, 0.05) is 48.9 Å². The second-order valence-corrected chi connectivity index (χ2v) is 12.6. The van der Waals surface area contributed by atoms with Crippen molar-refractivity contribution in [3.63, 3.8) is 0 Å². The number of fused-ring (bicyclic) bond motifs is 1. The average Bonchev–Trinajstić information content (AvgIpc) is 3.40. The SMILES string of the molecule is C=CCC1CN(C(=O)O)C(=O)c2c1[nH]c(-c1ccncc1OCC1CCCN(C(=O)OC(C)(C)C)C1)c2Nc1cccc(F)c1OC. The predicted octanol–water partition coefficient (Wildman–Crippen LogP) is 6.79. The normalized spacial score (nSPS) is 17.9. The minimum atomic E-state index is -1.38. The van der Waals surface area contributed by atoms with E-state index in [1.165, 1.54) is 19.2 Å². The zero-order valence-corrected chi connectivity index (χ0v) is 27.0. The summed E-state index contributed by atoms with van der Waals surface area (Å²) >= 11 is 0. The molecule has 1 aromatic carbocycles. The van der Waals surface area contributed by atoms with Crippen molar-refractivity contribution in [1.29, 1.82) is 0 Å². The van der Waals surface area contributed by atoms with E-state index in [9.17, 15) is 23.9 Å². The Hall–Kier alpha value is -5.07. The summed E-state index contributed by atoms with van der Waals surface area (Å²) in [6.07, 6.45) is 5.09. The minimum Gasteiger partial charge on any atom is -0.492 e. The van der Waals surface area contributed by atoms with Crippen LogP contribution in [0.5, 0.6) is 11.5 Å². The topological polar surface area (TPSA) is 146 Å². The van der Waals surface area contributed by atoms with Gasteiger partial charge < -0.3 is 34.5 Å². The molecule has 2 aromatic heterocycles. The van der Waals surface area contributed by atoms with Gasteiger partial charge in [-0.2, -0.15) is 0 Å². The molecule has 3 aromatic rings. The molecule has 5 rings (SSSR count). The number of rotatable bonds is 9. The van der Waals surface area contributed by atoms with Gasteiger partial charge in [-0.1, -0.05) is 12.1 Å². The van der Waals surface area contributed by atoms with Crippen molar-refractivity contribution in [2.24, 2.45) is 5.92 Å². The Kier molecular flexibility index (Phi) is 9.73. The van der Waals surface area contributed by atoms with Crippen molar-refractivity contribution >= 4 is 29.5 Å². The van der Waals surface area contributed by atoms with E-state index in [2.05, 4.69) is 21.9 Å². The fraction of sp³-hybridized carbons (Fsp3) is 0.412. The van der Waals surface area contributed by atoms with E-state index in [-0.39, 0.29) is 47.9 Å². The second kappa shape index (κ2) is 13.7. The summed E-state index contributed by atoms with van der Waals surface area (Å²) in [5.74, 6) is -1.41. The van der Waals surface area contributed by atoms with Crippen LogP contribution in [0.4, 0.5) is 25.4 Å². The molecule has 2 unspecified atom stereocenters. The summed E-state index contributed by atoms with van der Waals surface area (Å²) < 4.78 is 32.0. The molecule has 0 saturated carbocycles. The zero-order valence-electron chi connectivity index (χ0n) is 27.0. The Morgan fingerprint density at radius 2 is 2.04 bits per heavy atom. The number of carbonyl (C=O) groups excluding carboxylic acids is 2. The van der Waals surface area contributed by atoms with Gasteiger partial charge in [0.2, 0.25) is 0 Å². The van der Waals surface area contributed by atoms with Gasteiger partial charge in [-0.05, 0) is 58.2 Å². The van der Waals surface area contributed by atoms with Crippen molar-refractivity contribution in [1.82, 2.24) is 19.8 Å². The summed E-state index contributed by atoms with van der Waals surface area (Å²) in [6.45, 7) is 10.6. The lowest BCUT2D eigenvalue weighted by atomic mass is 9.92. The van der Waals surface area contributed by atoms with E-state index in [4.69, 9.17) is 14.2 Å². The number of hydrogen-bond acceptors (Lipinski definition) is 8. The summed E-state index contributed by atoms with van der Waals surface area (Å²) in [4.78, 5) is 48.7. The lowest BCUT2D eigenvalue weighted by Crippen LogP contribution is -2.44. The number of allylic oxidation sites excluding steroid dienone is 1. The highest BCUT2D eigenvalue weighted by atomic mass is 19.1. The fourth-order valence-electron chi connectivity index (χ4n) is 6.01. The minimum absolute atomic E-state index is 0.0259. The number of amides is 3. The molecule has 3 amide bonds. The molecule has 13 heteroatoms. The number of nitrogens with one attached hydrogen (secondary N) is 2. The van der Waals surface area contributed by atoms with Gasteiger partial charge in [-0.25, -0.2) is 18.9 Å². The lowest BCUT2D eigenvalue weighted by Gasteiger charge is -2.34. The van der Waals surface area contributed by atoms with E-state index in [0.717, 1.165) is 17.7 Å². The van der Waals surface area contributed by atoms with Crippen LogP contribution in [0.25, 0.3) is 11.3 Å². The van der Waals surface area contributed by atoms with E-state index in [0.29, 0.717) is 42.2 Å². The number of benzene rings is 1. The van der Waals surface area contributed by atoms with Crippen molar-refractivity contribution < 1.29 is 38.1 Å². The second-order valence-electron chi connectivity index (χ2n) is 12.6. The number of aromatic nitrogens is 2. The summed E-state index contributed by atoms with van der Waals surface area (Å²) in [5.41, 5.74) is 1.45. The van der Waals surface area contributed by atoms with Crippen LogP contribution in [-0.2, 0) is 4.74 Å². The Morgan fingerprint density at radius 3 is 2.74 bits per heavy atom. The third-order valence-electron chi connectivity index (χ3n) is 8.11. The number of carbonyl (C=O) groups is 3. The lowest BCUT2D eigenvalue weighted by molar-refractivity contribution is 0.0139. The molecule has 0 bridgehead atoms. The fourth-order valence-corrected chi connectivity index (χ4v) is 6.01. The molecule has 12 nitrogen and oxygen atoms in total. The molecule has 0 radical (unpaired) electrons. The molecule has 0 aliphatic carbocycles. The van der Waals surface area contributed by atoms with Crippen LogP contribution in [0.15, 0.2) is 49.3 Å². The number of aromatic amines is 1. The molecular formula is C34H40FN5O7. The number of carboxylic acid groups (broad SMARTS) is 1. The highest BCUT2D eigenvalue weighted by Crippen LogP contribution is 2.45. The third kappa shape index (κ3) is 7.18. The number of halogens is 1. The number of para-hydroxylation sites is 1. The molecule has 2 aliphatic heterocycles. The van der Waals surface area contributed by atoms with Crippen LogP contribution in [-0.4, -0.2) is 81.9 Å². The van der Waals surface area contributed by atoms with Gasteiger partial charge in [0.15, 0.2) is 11.6 Å². The van der Waals surface area contributed by atoms with Crippen molar-refractivity contribution in [3.05, 3.63) is 66.4 Å². The van der Waals surface area contributed by atoms with Gasteiger partial charge >= 0.3 is 12.2 Å². The van der Waals surface area contributed by atoms with Gasteiger partial charge in [0.05, 0.1) is 42.5 Å². The largest absolute Gasteiger partial charge is 0.492 e. The number of nitrogens with zero attached hydrogens (tertiary/aromatic N) is 3. The summed E-state index contributed by atoms with van der Waals surface area (Å²) in [7, 11) is 1.33. The van der Waals surface area contributed by atoms with Crippen LogP contribution < -0.4 is 14.8 Å². The highest BCUT2D eigenvalue weighted by molar-refractivity contribution is 6.11. The average molecular weight is 650 g/mol. The Labute approximate surface area is 272 Å². The summed E-state index contributed by atoms with van der Waals surface area (Å²) in [5, 5.41) is 13.1. The number of ether oxygens (including phenoxy) is 3. The standard InChI is InChI=1S/C34H40FN5O7/c1-6-9-21-18-40(32(42)43)31(41)26-27(21)38-28(29(26)37-24-12-7-11-23(35)30(24)45-5)22-13-14-36-16-25(22)46-19-20-10-8-15-39(17-20)33(44)47-34(2,3)4/h6-7,11-14,16,20-21,37-38H,1,8-10,15,17-19H2,2-5H3,(H,42,43). The number of H-pyrrole nitrogens is 1. The molecule has 250 valence electrons. The smallest absolute Gasteiger partial charge is 0.414 e. The van der Waals surface area contributed by atoms with Crippen molar-refractivity contribution in [3.8, 4) is 22.8 Å². The first-order valence-electron chi connectivity index (χ1n) is 15.5. The van der Waals surface area contributed by atoms with E-state index < -0.39 is 29.3 Å². The monoisotopic (exact) mass is 649 g/mol. The molecule has 3 N–H and O–H groups in total. The Morgan fingerprint density at radius 1 is 1.26 bits per heavy atom. The molecule has 1 saturated heterocycles. The first-order chi connectivity index (χ1) is 22.4. The zero-order chi connectivity index (χ0) is 33.9. The number of hydrogen-bond donors (Lipinski definition) is 3. The molecule has 2 atom stereocenters. The van der Waals surface area contributed by atoms with Gasteiger partial charge in [-0.3, -0.25) is 9.78 Å². The molecule has 2 aliphatic rings. The number of likely N-dealkylation sites (tertiary alicyclic amines) is 1. The predicted molar refractivity (Wildman–Crippen MR) is 173 cm³/mol. The number of anilines is 2. The van der Waals surface area contributed by atoms with Gasteiger partial charge in [-0.15, -0.1) is 6.58 Å². The maximum absolute atomic E-state index is 14.8. The Balaban J connectivity index is 1.53. The number of methoxy groups -OCH3 is 1. The van der Waals surface area contributed by atoms with Crippen LogP contribution >= 0.6 is 0 Å². The number of imide groups is 1. The van der Waals surface area contributed by atoms with Gasteiger partial charge in [0.1, 0.15) is 11.4 Å². The maximum atomic E-state index is 14.8. The van der Waals surface area contributed by atoms with Crippen LogP contribution in [0.1, 0.15) is 62.0 Å². The van der Waals surface area contributed by atoms with Crippen LogP contribution in [0.3, 0.4) is 0 Å². The van der Waals surface area contributed by atoms with Gasteiger partial charge in [0.25, 0.3) is 5.91 Å². The summed E-state index contributed by atoms with van der Waals surface area (Å²) in [6, 6.07) is 6.06. The highest BCUT2D eigenvalue weighted by Gasteiger charge is 2.40. The first kappa shape index (κ1) is 33.3. The van der Waals surface area contributed by atoms with Crippen molar-refractivity contribution in [2.75, 3.05) is 38.7 Å². The molecule has 47 heavy (non-hydrogen) atoms. The number of pyridine rings is 1.